The molecule has 0 saturated heterocycles. The highest BCUT2D eigenvalue weighted by Gasteiger charge is 2.35. The van der Waals surface area contributed by atoms with Gasteiger partial charge in [-0.2, -0.15) is 0 Å². The zero-order valence-corrected chi connectivity index (χ0v) is 8.82. The average Bonchev–Trinajstić information content (AvgIpc) is 2.18. The van der Waals surface area contributed by atoms with Crippen LogP contribution in [0.5, 0.6) is 5.75 Å². The molecule has 0 aliphatic heterocycles. The van der Waals surface area contributed by atoms with E-state index in [-0.39, 0.29) is 12.2 Å². The Morgan fingerprint density at radius 2 is 2.00 bits per heavy atom. The van der Waals surface area contributed by atoms with Gasteiger partial charge in [0.1, 0.15) is 5.02 Å². The summed E-state index contributed by atoms with van der Waals surface area (Å²) in [6.07, 6.45) is -7.76. The molecule has 96 valence electrons. The highest BCUT2D eigenvalue weighted by molar-refractivity contribution is 6.32. The topological polar surface area (TPSA) is 48.1 Å². The van der Waals surface area contributed by atoms with E-state index in [1.807, 2.05) is 0 Å². The number of aromatic nitrogens is 1. The molecule has 0 atom stereocenters. The van der Waals surface area contributed by atoms with E-state index in [1.54, 1.807) is 0 Å². The summed E-state index contributed by atoms with van der Waals surface area (Å²) in [6, 6.07) is 0. The maximum absolute atomic E-state index is 12.4. The Hall–Kier alpha value is -1.15. The molecule has 1 heterocycles. The van der Waals surface area contributed by atoms with Gasteiger partial charge in [0.2, 0.25) is 0 Å². The number of nitrogens with two attached hydrogens (primary N) is 1. The monoisotopic (exact) mass is 276 g/mol. The van der Waals surface area contributed by atoms with Gasteiger partial charge < -0.3 is 10.5 Å². The second-order valence-corrected chi connectivity index (χ2v) is 3.23. The molecule has 0 fully saturated rings. The number of halogens is 6. The van der Waals surface area contributed by atoms with E-state index in [9.17, 15) is 22.0 Å². The fraction of sp³-hybridized carbons (Fsp3) is 0.375. The van der Waals surface area contributed by atoms with E-state index in [0.717, 1.165) is 0 Å². The van der Waals surface area contributed by atoms with Gasteiger partial charge in [-0.25, -0.2) is 8.78 Å². The Labute approximate surface area is 97.3 Å². The zero-order valence-electron chi connectivity index (χ0n) is 8.06. The number of hydrogen-bond donors (Lipinski definition) is 1. The van der Waals surface area contributed by atoms with E-state index in [0.29, 0.717) is 6.20 Å². The van der Waals surface area contributed by atoms with Crippen molar-refractivity contribution in [2.75, 3.05) is 0 Å². The summed E-state index contributed by atoms with van der Waals surface area (Å²) < 4.78 is 64.4. The van der Waals surface area contributed by atoms with E-state index in [4.69, 9.17) is 17.3 Å². The molecular weight excluding hydrogens is 271 g/mol. The molecule has 9 heteroatoms. The predicted molar refractivity (Wildman–Crippen MR) is 48.8 cm³/mol. The summed E-state index contributed by atoms with van der Waals surface area (Å²) in [5, 5.41) is -0.664. The van der Waals surface area contributed by atoms with E-state index >= 15 is 0 Å². The van der Waals surface area contributed by atoms with Crippen LogP contribution in [0, 0.1) is 0 Å². The molecule has 1 aromatic rings. The van der Waals surface area contributed by atoms with Crippen molar-refractivity contribution in [3.8, 4) is 5.75 Å². The van der Waals surface area contributed by atoms with Gasteiger partial charge in [-0.1, -0.05) is 11.6 Å². The van der Waals surface area contributed by atoms with Crippen LogP contribution in [0.1, 0.15) is 17.7 Å². The largest absolute Gasteiger partial charge is 0.573 e. The van der Waals surface area contributed by atoms with E-state index in [1.165, 1.54) is 0 Å². The molecule has 0 bridgehead atoms. The summed E-state index contributed by atoms with van der Waals surface area (Å²) in [6.45, 7) is -0.295. The molecule has 0 amide bonds. The fourth-order valence-electron chi connectivity index (χ4n) is 1.04. The van der Waals surface area contributed by atoms with Gasteiger partial charge in [0.25, 0.3) is 6.43 Å². The summed E-state index contributed by atoms with van der Waals surface area (Å²) in [4.78, 5) is 3.42. The van der Waals surface area contributed by atoms with Crippen LogP contribution in [0.25, 0.3) is 0 Å². The molecule has 0 aromatic carbocycles. The molecule has 1 rings (SSSR count). The summed E-state index contributed by atoms with van der Waals surface area (Å²) in [5.41, 5.74) is 3.94. The lowest BCUT2D eigenvalue weighted by atomic mass is 10.2. The number of ether oxygens (including phenoxy) is 1. The fourth-order valence-corrected chi connectivity index (χ4v) is 1.31. The molecule has 0 unspecified atom stereocenters. The lowest BCUT2D eigenvalue weighted by molar-refractivity contribution is -0.275. The van der Waals surface area contributed by atoms with Crippen molar-refractivity contribution in [1.82, 2.24) is 4.98 Å². The van der Waals surface area contributed by atoms with Crippen molar-refractivity contribution in [3.05, 3.63) is 22.5 Å². The van der Waals surface area contributed by atoms with Gasteiger partial charge in [-0.05, 0) is 0 Å². The smallest absolute Gasteiger partial charge is 0.404 e. The van der Waals surface area contributed by atoms with E-state index in [2.05, 4.69) is 9.72 Å². The van der Waals surface area contributed by atoms with Crippen LogP contribution in [0.15, 0.2) is 6.20 Å². The standard InChI is InChI=1S/C8H6ClF5N2O/c9-5-4(1-15)16-2-3(7(10)11)6(5)17-8(12,13)14/h2,7H,1,15H2. The van der Waals surface area contributed by atoms with Crippen molar-refractivity contribution in [2.45, 2.75) is 19.3 Å². The maximum Gasteiger partial charge on any atom is 0.573 e. The molecular formula is C8H6ClF5N2O. The minimum absolute atomic E-state index is 0.157. The Kier molecular flexibility index (Phi) is 4.10. The highest BCUT2D eigenvalue weighted by Crippen LogP contribution is 2.39. The quantitative estimate of drug-likeness (QED) is 0.863. The third kappa shape index (κ3) is 3.40. The van der Waals surface area contributed by atoms with Crippen LogP contribution < -0.4 is 10.5 Å². The number of pyridine rings is 1. The second kappa shape index (κ2) is 5.01. The van der Waals surface area contributed by atoms with Crippen molar-refractivity contribution in [1.29, 1.82) is 0 Å². The predicted octanol–water partition coefficient (Wildman–Crippen LogP) is 3.03. The van der Waals surface area contributed by atoms with Crippen molar-refractivity contribution >= 4 is 11.6 Å². The first-order valence-electron chi connectivity index (χ1n) is 4.17. The average molecular weight is 277 g/mol. The molecule has 17 heavy (non-hydrogen) atoms. The second-order valence-electron chi connectivity index (χ2n) is 2.86. The minimum Gasteiger partial charge on any atom is -0.404 e. The number of rotatable bonds is 3. The van der Waals surface area contributed by atoms with Crippen LogP contribution >= 0.6 is 11.6 Å². The number of nitrogens with zero attached hydrogens (tertiary/aromatic N) is 1. The maximum atomic E-state index is 12.4. The number of hydrogen-bond acceptors (Lipinski definition) is 3. The molecule has 0 radical (unpaired) electrons. The van der Waals surface area contributed by atoms with Crippen LogP contribution in [0.4, 0.5) is 22.0 Å². The van der Waals surface area contributed by atoms with Gasteiger partial charge in [-0.3, -0.25) is 4.98 Å². The Bertz CT molecular complexity index is 410. The molecule has 0 aliphatic rings. The van der Waals surface area contributed by atoms with Gasteiger partial charge in [0.05, 0.1) is 11.3 Å². The third-order valence-corrected chi connectivity index (χ3v) is 2.11. The first-order valence-corrected chi connectivity index (χ1v) is 4.55. The van der Waals surface area contributed by atoms with Crippen LogP contribution in [0.3, 0.4) is 0 Å². The lowest BCUT2D eigenvalue weighted by Gasteiger charge is -2.15. The molecule has 2 N–H and O–H groups in total. The molecule has 0 spiro atoms. The molecule has 0 aliphatic carbocycles. The highest BCUT2D eigenvalue weighted by atomic mass is 35.5. The first-order chi connectivity index (χ1) is 7.76. The Morgan fingerprint density at radius 3 is 2.41 bits per heavy atom. The summed E-state index contributed by atoms with van der Waals surface area (Å²) in [7, 11) is 0. The van der Waals surface area contributed by atoms with Crippen molar-refractivity contribution in [2.24, 2.45) is 5.73 Å². The third-order valence-electron chi connectivity index (χ3n) is 1.72. The van der Waals surface area contributed by atoms with Gasteiger partial charge in [0.15, 0.2) is 5.75 Å². The van der Waals surface area contributed by atoms with Crippen LogP contribution in [0.2, 0.25) is 5.02 Å². The molecule has 3 nitrogen and oxygen atoms in total. The Morgan fingerprint density at radius 1 is 1.41 bits per heavy atom. The minimum atomic E-state index is -5.12. The van der Waals surface area contributed by atoms with Crippen molar-refractivity contribution in [3.63, 3.8) is 0 Å². The van der Waals surface area contributed by atoms with E-state index < -0.39 is 29.1 Å². The molecule has 1 aromatic heterocycles. The number of alkyl halides is 5. The summed E-state index contributed by atoms with van der Waals surface area (Å²) in [5.74, 6) is -1.16. The van der Waals surface area contributed by atoms with Crippen molar-refractivity contribution < 1.29 is 26.7 Å². The Balaban J connectivity index is 3.30. The lowest BCUT2D eigenvalue weighted by Crippen LogP contribution is -2.19. The summed E-state index contributed by atoms with van der Waals surface area (Å²) >= 11 is 5.46. The van der Waals surface area contributed by atoms with Crippen LogP contribution in [-0.2, 0) is 6.54 Å². The SMILES string of the molecule is NCc1ncc(C(F)F)c(OC(F)(F)F)c1Cl. The van der Waals surface area contributed by atoms with Gasteiger partial charge in [-0.15, -0.1) is 13.2 Å². The zero-order chi connectivity index (χ0) is 13.2. The normalized spacial score (nSPS) is 12.0. The molecule has 0 saturated carbocycles. The van der Waals surface area contributed by atoms with Crippen LogP contribution in [-0.4, -0.2) is 11.3 Å². The van der Waals surface area contributed by atoms with Gasteiger partial charge in [0, 0.05) is 12.7 Å². The van der Waals surface area contributed by atoms with Gasteiger partial charge >= 0.3 is 6.36 Å². The first kappa shape index (κ1) is 13.9.